The number of methoxy groups -OCH3 is 2. The smallest absolute Gasteiger partial charge is 0.157 e. The van der Waals surface area contributed by atoms with Gasteiger partial charge in [-0.25, -0.2) is 0 Å². The highest BCUT2D eigenvalue weighted by atomic mass is 16.7. The summed E-state index contributed by atoms with van der Waals surface area (Å²) in [5, 5.41) is 9.24. The first-order valence-electron chi connectivity index (χ1n) is 5.40. The Bertz CT molecular complexity index is 174. The van der Waals surface area contributed by atoms with Crippen molar-refractivity contribution in [3.05, 3.63) is 12.2 Å². The Labute approximate surface area is 93.1 Å². The molecule has 0 saturated heterocycles. The van der Waals surface area contributed by atoms with Crippen molar-refractivity contribution in [2.75, 3.05) is 14.2 Å². The molecule has 2 atom stereocenters. The molecule has 90 valence electrons. The first-order valence-corrected chi connectivity index (χ1v) is 5.40. The van der Waals surface area contributed by atoms with E-state index in [2.05, 4.69) is 6.58 Å². The molecule has 0 aliphatic carbocycles. The zero-order chi connectivity index (χ0) is 11.8. The number of aliphatic hydroxyl groups is 1. The standard InChI is InChI=1S/C12H24O3/c1-9(2)11(7-6-10(3)13)8-12(14-4)15-5/h10-13H,1,6-8H2,2-5H3. The number of hydrogen-bond acceptors (Lipinski definition) is 3. The van der Waals surface area contributed by atoms with Gasteiger partial charge in [-0.15, -0.1) is 0 Å². The van der Waals surface area contributed by atoms with Crippen LogP contribution in [0.25, 0.3) is 0 Å². The summed E-state index contributed by atoms with van der Waals surface area (Å²) in [6.45, 7) is 7.78. The van der Waals surface area contributed by atoms with Crippen molar-refractivity contribution in [1.82, 2.24) is 0 Å². The van der Waals surface area contributed by atoms with Crippen LogP contribution in [0, 0.1) is 5.92 Å². The van der Waals surface area contributed by atoms with E-state index in [0.29, 0.717) is 5.92 Å². The van der Waals surface area contributed by atoms with Gasteiger partial charge in [0.2, 0.25) is 0 Å². The fraction of sp³-hybridized carbons (Fsp3) is 0.833. The summed E-state index contributed by atoms with van der Waals surface area (Å²) >= 11 is 0. The predicted molar refractivity (Wildman–Crippen MR) is 61.6 cm³/mol. The first-order chi connectivity index (χ1) is 7.01. The molecule has 0 saturated carbocycles. The summed E-state index contributed by atoms with van der Waals surface area (Å²) in [6, 6.07) is 0. The molecule has 1 N–H and O–H groups in total. The molecule has 0 aromatic carbocycles. The van der Waals surface area contributed by atoms with Gasteiger partial charge in [-0.05, 0) is 32.6 Å². The van der Waals surface area contributed by atoms with Gasteiger partial charge in [0.15, 0.2) is 6.29 Å². The summed E-state index contributed by atoms with van der Waals surface area (Å²) in [6.07, 6.45) is 2.08. The van der Waals surface area contributed by atoms with Crippen LogP contribution in [0.3, 0.4) is 0 Å². The predicted octanol–water partition coefficient (Wildman–Crippen LogP) is 2.35. The lowest BCUT2D eigenvalue weighted by Gasteiger charge is -2.22. The Hall–Kier alpha value is -0.380. The van der Waals surface area contributed by atoms with Gasteiger partial charge in [-0.1, -0.05) is 12.2 Å². The van der Waals surface area contributed by atoms with Gasteiger partial charge in [-0.2, -0.15) is 0 Å². The van der Waals surface area contributed by atoms with E-state index in [-0.39, 0.29) is 12.4 Å². The van der Waals surface area contributed by atoms with E-state index in [1.165, 1.54) is 0 Å². The summed E-state index contributed by atoms with van der Waals surface area (Å²) in [4.78, 5) is 0. The average molecular weight is 216 g/mol. The Balaban J connectivity index is 4.09. The second kappa shape index (κ2) is 7.85. The second-order valence-corrected chi connectivity index (χ2v) is 4.11. The Morgan fingerprint density at radius 1 is 1.27 bits per heavy atom. The zero-order valence-corrected chi connectivity index (χ0v) is 10.3. The normalized spacial score (nSPS) is 15.3. The third-order valence-electron chi connectivity index (χ3n) is 2.63. The molecule has 0 amide bonds. The number of hydrogen-bond donors (Lipinski definition) is 1. The summed E-state index contributed by atoms with van der Waals surface area (Å²) < 4.78 is 10.3. The van der Waals surface area contributed by atoms with Crippen molar-refractivity contribution in [3.63, 3.8) is 0 Å². The maximum Gasteiger partial charge on any atom is 0.157 e. The van der Waals surface area contributed by atoms with E-state index in [9.17, 15) is 5.11 Å². The Kier molecular flexibility index (Phi) is 7.65. The van der Waals surface area contributed by atoms with E-state index in [1.807, 2.05) is 6.92 Å². The minimum Gasteiger partial charge on any atom is -0.393 e. The van der Waals surface area contributed by atoms with Crippen molar-refractivity contribution >= 4 is 0 Å². The third-order valence-corrected chi connectivity index (χ3v) is 2.63. The lowest BCUT2D eigenvalue weighted by Crippen LogP contribution is -2.19. The molecule has 0 rings (SSSR count). The molecule has 0 aromatic heterocycles. The molecule has 0 spiro atoms. The molecule has 0 aliphatic heterocycles. The summed E-state index contributed by atoms with van der Waals surface area (Å²) in [5.74, 6) is 0.351. The van der Waals surface area contributed by atoms with E-state index >= 15 is 0 Å². The molecular formula is C12H24O3. The Morgan fingerprint density at radius 2 is 1.80 bits per heavy atom. The van der Waals surface area contributed by atoms with E-state index in [4.69, 9.17) is 9.47 Å². The van der Waals surface area contributed by atoms with Crippen LogP contribution in [0.5, 0.6) is 0 Å². The largest absolute Gasteiger partial charge is 0.393 e. The molecule has 3 heteroatoms. The lowest BCUT2D eigenvalue weighted by atomic mass is 9.91. The maximum atomic E-state index is 9.24. The van der Waals surface area contributed by atoms with Crippen molar-refractivity contribution in [2.45, 2.75) is 45.5 Å². The minimum atomic E-state index is -0.254. The number of aliphatic hydroxyl groups excluding tert-OH is 1. The number of rotatable bonds is 8. The van der Waals surface area contributed by atoms with Crippen molar-refractivity contribution in [2.24, 2.45) is 5.92 Å². The average Bonchev–Trinajstić information content (AvgIpc) is 2.17. The first kappa shape index (κ1) is 14.6. The highest BCUT2D eigenvalue weighted by Crippen LogP contribution is 2.23. The van der Waals surface area contributed by atoms with Crippen LogP contribution in [0.1, 0.15) is 33.1 Å². The lowest BCUT2D eigenvalue weighted by molar-refractivity contribution is -0.112. The minimum absolute atomic E-state index is 0.180. The van der Waals surface area contributed by atoms with E-state index in [1.54, 1.807) is 21.1 Å². The Morgan fingerprint density at radius 3 is 2.13 bits per heavy atom. The molecular weight excluding hydrogens is 192 g/mol. The van der Waals surface area contributed by atoms with Crippen LogP contribution in [0.15, 0.2) is 12.2 Å². The van der Waals surface area contributed by atoms with Gasteiger partial charge in [0.1, 0.15) is 0 Å². The molecule has 0 aliphatic rings. The monoisotopic (exact) mass is 216 g/mol. The molecule has 15 heavy (non-hydrogen) atoms. The summed E-state index contributed by atoms with van der Waals surface area (Å²) in [5.41, 5.74) is 1.12. The topological polar surface area (TPSA) is 38.7 Å². The second-order valence-electron chi connectivity index (χ2n) is 4.11. The van der Waals surface area contributed by atoms with Crippen LogP contribution in [-0.2, 0) is 9.47 Å². The highest BCUT2D eigenvalue weighted by molar-refractivity contribution is 4.96. The molecule has 0 aromatic rings. The molecule has 0 heterocycles. The number of allylic oxidation sites excluding steroid dienone is 1. The van der Waals surface area contributed by atoms with Gasteiger partial charge in [0.05, 0.1) is 6.10 Å². The molecule has 0 bridgehead atoms. The molecule has 3 nitrogen and oxygen atoms in total. The number of ether oxygens (including phenoxy) is 2. The molecule has 0 radical (unpaired) electrons. The van der Waals surface area contributed by atoms with Gasteiger partial charge < -0.3 is 14.6 Å². The summed E-state index contributed by atoms with van der Waals surface area (Å²) in [7, 11) is 3.27. The van der Waals surface area contributed by atoms with Crippen molar-refractivity contribution in [3.8, 4) is 0 Å². The fourth-order valence-electron chi connectivity index (χ4n) is 1.53. The van der Waals surface area contributed by atoms with Gasteiger partial charge in [-0.3, -0.25) is 0 Å². The molecule has 0 fully saturated rings. The quantitative estimate of drug-likeness (QED) is 0.500. The van der Waals surface area contributed by atoms with Crippen LogP contribution >= 0.6 is 0 Å². The zero-order valence-electron chi connectivity index (χ0n) is 10.3. The van der Waals surface area contributed by atoms with E-state index < -0.39 is 0 Å². The molecule has 2 unspecified atom stereocenters. The van der Waals surface area contributed by atoms with Gasteiger partial charge >= 0.3 is 0 Å². The fourth-order valence-corrected chi connectivity index (χ4v) is 1.53. The van der Waals surface area contributed by atoms with E-state index in [0.717, 1.165) is 24.8 Å². The third kappa shape index (κ3) is 6.66. The highest BCUT2D eigenvalue weighted by Gasteiger charge is 2.16. The van der Waals surface area contributed by atoms with Gasteiger partial charge in [0.25, 0.3) is 0 Å². The van der Waals surface area contributed by atoms with Crippen LogP contribution in [-0.4, -0.2) is 31.7 Å². The SMILES string of the molecule is C=C(C)C(CCC(C)O)CC(OC)OC. The van der Waals surface area contributed by atoms with Crippen molar-refractivity contribution in [1.29, 1.82) is 0 Å². The van der Waals surface area contributed by atoms with Crippen molar-refractivity contribution < 1.29 is 14.6 Å². The van der Waals surface area contributed by atoms with Crippen LogP contribution in [0.4, 0.5) is 0 Å². The van der Waals surface area contributed by atoms with Gasteiger partial charge in [0, 0.05) is 20.6 Å². The van der Waals surface area contributed by atoms with Crippen LogP contribution in [0.2, 0.25) is 0 Å². The van der Waals surface area contributed by atoms with Crippen LogP contribution < -0.4 is 0 Å². The maximum absolute atomic E-state index is 9.24.